The SMILES string of the molecule is COc1cc(F)ccc1NC1c2ccccc2OC1(C)C. The lowest BCUT2D eigenvalue weighted by molar-refractivity contribution is 0.118. The minimum absolute atomic E-state index is 0.0342. The summed E-state index contributed by atoms with van der Waals surface area (Å²) in [6, 6.07) is 12.4. The van der Waals surface area contributed by atoms with Crippen LogP contribution in [0.1, 0.15) is 25.5 Å². The third-order valence-corrected chi connectivity index (χ3v) is 3.76. The van der Waals surface area contributed by atoms with E-state index >= 15 is 0 Å². The standard InChI is InChI=1S/C17H18FNO2/c1-17(2)16(12-6-4-5-7-14(12)21-17)19-13-9-8-11(18)10-15(13)20-3/h4-10,16,19H,1-3H3. The first-order valence-electron chi connectivity index (χ1n) is 6.89. The van der Waals surface area contributed by atoms with Crippen LogP contribution in [0.15, 0.2) is 42.5 Å². The minimum Gasteiger partial charge on any atom is -0.494 e. The molecule has 1 atom stereocenters. The lowest BCUT2D eigenvalue weighted by Crippen LogP contribution is -2.34. The van der Waals surface area contributed by atoms with E-state index in [1.165, 1.54) is 19.2 Å². The Morgan fingerprint density at radius 2 is 1.95 bits per heavy atom. The van der Waals surface area contributed by atoms with Gasteiger partial charge in [0, 0.05) is 11.6 Å². The Balaban J connectivity index is 1.97. The molecule has 4 heteroatoms. The summed E-state index contributed by atoms with van der Waals surface area (Å²) in [5, 5.41) is 3.42. The van der Waals surface area contributed by atoms with E-state index in [-0.39, 0.29) is 11.9 Å². The number of hydrogen-bond donors (Lipinski definition) is 1. The van der Waals surface area contributed by atoms with E-state index in [1.54, 1.807) is 6.07 Å². The van der Waals surface area contributed by atoms with Crippen molar-refractivity contribution in [3.63, 3.8) is 0 Å². The van der Waals surface area contributed by atoms with Gasteiger partial charge in [-0.05, 0) is 32.0 Å². The number of methoxy groups -OCH3 is 1. The average Bonchev–Trinajstić information content (AvgIpc) is 2.71. The minimum atomic E-state index is -0.400. The molecule has 21 heavy (non-hydrogen) atoms. The summed E-state index contributed by atoms with van der Waals surface area (Å²) in [7, 11) is 1.53. The van der Waals surface area contributed by atoms with Gasteiger partial charge in [0.05, 0.1) is 18.8 Å². The van der Waals surface area contributed by atoms with E-state index in [0.29, 0.717) is 5.75 Å². The zero-order valence-corrected chi connectivity index (χ0v) is 12.3. The summed E-state index contributed by atoms with van der Waals surface area (Å²) in [5.74, 6) is 1.04. The second-order valence-corrected chi connectivity index (χ2v) is 5.67. The number of rotatable bonds is 3. The van der Waals surface area contributed by atoms with Crippen LogP contribution in [0.25, 0.3) is 0 Å². The molecule has 3 nitrogen and oxygen atoms in total. The second kappa shape index (κ2) is 4.95. The van der Waals surface area contributed by atoms with Crippen molar-refractivity contribution in [2.75, 3.05) is 12.4 Å². The number of nitrogens with one attached hydrogen (secondary N) is 1. The van der Waals surface area contributed by atoms with Gasteiger partial charge < -0.3 is 14.8 Å². The summed E-state index contributed by atoms with van der Waals surface area (Å²) in [6.45, 7) is 4.06. The van der Waals surface area contributed by atoms with Crippen LogP contribution in [0.4, 0.5) is 10.1 Å². The van der Waals surface area contributed by atoms with E-state index in [1.807, 2.05) is 38.1 Å². The molecule has 110 valence electrons. The number of benzene rings is 2. The van der Waals surface area contributed by atoms with E-state index in [4.69, 9.17) is 9.47 Å². The van der Waals surface area contributed by atoms with Crippen LogP contribution in [0.5, 0.6) is 11.5 Å². The van der Waals surface area contributed by atoms with Crippen LogP contribution < -0.4 is 14.8 Å². The van der Waals surface area contributed by atoms with E-state index in [9.17, 15) is 4.39 Å². The molecule has 0 saturated carbocycles. The molecule has 1 unspecified atom stereocenters. The topological polar surface area (TPSA) is 30.5 Å². The van der Waals surface area contributed by atoms with Crippen LogP contribution in [0.3, 0.4) is 0 Å². The van der Waals surface area contributed by atoms with Gasteiger partial charge in [-0.15, -0.1) is 0 Å². The second-order valence-electron chi connectivity index (χ2n) is 5.67. The van der Waals surface area contributed by atoms with Crippen LogP contribution in [-0.2, 0) is 0 Å². The predicted octanol–water partition coefficient (Wildman–Crippen LogP) is 4.16. The molecule has 3 rings (SSSR count). The molecular weight excluding hydrogens is 269 g/mol. The van der Waals surface area contributed by atoms with Crippen molar-refractivity contribution in [3.8, 4) is 11.5 Å². The van der Waals surface area contributed by atoms with E-state index < -0.39 is 5.60 Å². The Labute approximate surface area is 123 Å². The lowest BCUT2D eigenvalue weighted by Gasteiger charge is -2.28. The van der Waals surface area contributed by atoms with Crippen LogP contribution in [0.2, 0.25) is 0 Å². The van der Waals surface area contributed by atoms with Gasteiger partial charge in [-0.1, -0.05) is 18.2 Å². The maximum Gasteiger partial charge on any atom is 0.144 e. The highest BCUT2D eigenvalue weighted by Crippen LogP contribution is 2.45. The van der Waals surface area contributed by atoms with Crippen molar-refractivity contribution in [2.24, 2.45) is 0 Å². The lowest BCUT2D eigenvalue weighted by atomic mass is 9.94. The molecule has 2 aromatic rings. The number of fused-ring (bicyclic) bond motifs is 1. The third kappa shape index (κ3) is 2.42. The smallest absolute Gasteiger partial charge is 0.144 e. The molecule has 1 aliphatic heterocycles. The van der Waals surface area contributed by atoms with Crippen LogP contribution in [-0.4, -0.2) is 12.7 Å². The number of anilines is 1. The largest absolute Gasteiger partial charge is 0.494 e. The van der Waals surface area contributed by atoms with Gasteiger partial charge in [0.25, 0.3) is 0 Å². The number of para-hydroxylation sites is 1. The highest BCUT2D eigenvalue weighted by Gasteiger charge is 2.41. The Kier molecular flexibility index (Phi) is 3.24. The molecule has 1 aliphatic rings. The summed E-state index contributed by atoms with van der Waals surface area (Å²) in [6.07, 6.45) is 0. The van der Waals surface area contributed by atoms with Crippen molar-refractivity contribution >= 4 is 5.69 Å². The maximum atomic E-state index is 13.3. The van der Waals surface area contributed by atoms with Crippen molar-refractivity contribution in [2.45, 2.75) is 25.5 Å². The fourth-order valence-corrected chi connectivity index (χ4v) is 2.72. The van der Waals surface area contributed by atoms with Crippen molar-refractivity contribution in [3.05, 3.63) is 53.8 Å². The Hall–Kier alpha value is -2.23. The Morgan fingerprint density at radius 1 is 1.19 bits per heavy atom. The van der Waals surface area contributed by atoms with Crippen molar-refractivity contribution in [1.82, 2.24) is 0 Å². The summed E-state index contributed by atoms with van der Waals surface area (Å²) in [5.41, 5.74) is 1.44. The fourth-order valence-electron chi connectivity index (χ4n) is 2.72. The molecule has 1 N–H and O–H groups in total. The molecule has 0 aliphatic carbocycles. The zero-order valence-electron chi connectivity index (χ0n) is 12.3. The zero-order chi connectivity index (χ0) is 15.0. The quantitative estimate of drug-likeness (QED) is 0.919. The predicted molar refractivity (Wildman–Crippen MR) is 80.5 cm³/mol. The van der Waals surface area contributed by atoms with E-state index in [0.717, 1.165) is 17.0 Å². The van der Waals surface area contributed by atoms with Gasteiger partial charge >= 0.3 is 0 Å². The van der Waals surface area contributed by atoms with Gasteiger partial charge in [-0.25, -0.2) is 4.39 Å². The number of halogens is 1. The molecule has 0 aromatic heterocycles. The molecule has 1 heterocycles. The molecule has 0 fully saturated rings. The van der Waals surface area contributed by atoms with Crippen LogP contribution in [0, 0.1) is 5.82 Å². The molecule has 0 saturated heterocycles. The normalized spacial score (nSPS) is 18.8. The molecular formula is C17H18FNO2. The molecule has 0 bridgehead atoms. The first-order valence-corrected chi connectivity index (χ1v) is 6.89. The maximum absolute atomic E-state index is 13.3. The highest BCUT2D eigenvalue weighted by molar-refractivity contribution is 5.59. The molecule has 0 spiro atoms. The monoisotopic (exact) mass is 287 g/mol. The summed E-state index contributed by atoms with van der Waals surface area (Å²) >= 11 is 0. The average molecular weight is 287 g/mol. The van der Waals surface area contributed by atoms with Crippen molar-refractivity contribution < 1.29 is 13.9 Å². The van der Waals surface area contributed by atoms with E-state index in [2.05, 4.69) is 5.32 Å². The van der Waals surface area contributed by atoms with Gasteiger partial charge in [-0.3, -0.25) is 0 Å². The van der Waals surface area contributed by atoms with Gasteiger partial charge in [0.2, 0.25) is 0 Å². The van der Waals surface area contributed by atoms with Gasteiger partial charge in [-0.2, -0.15) is 0 Å². The number of ether oxygens (including phenoxy) is 2. The van der Waals surface area contributed by atoms with Crippen LogP contribution >= 0.6 is 0 Å². The Morgan fingerprint density at radius 3 is 2.71 bits per heavy atom. The third-order valence-electron chi connectivity index (χ3n) is 3.76. The molecule has 2 aromatic carbocycles. The molecule has 0 radical (unpaired) electrons. The van der Waals surface area contributed by atoms with Gasteiger partial charge in [0.1, 0.15) is 22.9 Å². The fraction of sp³-hybridized carbons (Fsp3) is 0.294. The first kappa shape index (κ1) is 13.7. The summed E-state index contributed by atoms with van der Waals surface area (Å²) < 4.78 is 24.6. The highest BCUT2D eigenvalue weighted by atomic mass is 19.1. The van der Waals surface area contributed by atoms with Crippen molar-refractivity contribution in [1.29, 1.82) is 0 Å². The first-order chi connectivity index (χ1) is 10.0. The number of hydrogen-bond acceptors (Lipinski definition) is 3. The van der Waals surface area contributed by atoms with Gasteiger partial charge in [0.15, 0.2) is 0 Å². The summed E-state index contributed by atoms with van der Waals surface area (Å²) in [4.78, 5) is 0. The molecule has 0 amide bonds. The Bertz CT molecular complexity index is 670.